The first-order valence-corrected chi connectivity index (χ1v) is 10.0. The van der Waals surface area contributed by atoms with Crippen LogP contribution in [0.25, 0.3) is 10.2 Å². The van der Waals surface area contributed by atoms with Crippen LogP contribution in [0.15, 0.2) is 4.79 Å². The molecule has 8 nitrogen and oxygen atoms in total. The summed E-state index contributed by atoms with van der Waals surface area (Å²) in [6.45, 7) is 4.69. The molecule has 4 rings (SSSR count). The van der Waals surface area contributed by atoms with Crippen molar-refractivity contribution in [3.63, 3.8) is 0 Å². The van der Waals surface area contributed by atoms with Crippen molar-refractivity contribution >= 4 is 27.5 Å². The number of aromatic amines is 1. The summed E-state index contributed by atoms with van der Waals surface area (Å²) in [6, 6.07) is 0. The lowest BCUT2D eigenvalue weighted by molar-refractivity contribution is 0.0531. The van der Waals surface area contributed by atoms with Gasteiger partial charge in [0.05, 0.1) is 18.4 Å². The molecule has 9 heteroatoms. The number of aryl methyl sites for hydroxylation is 2. The fourth-order valence-electron chi connectivity index (χ4n) is 3.49. The van der Waals surface area contributed by atoms with Crippen molar-refractivity contribution in [3.05, 3.63) is 38.3 Å². The van der Waals surface area contributed by atoms with Gasteiger partial charge >= 0.3 is 5.97 Å². The number of hydrogen-bond acceptors (Lipinski definition) is 7. The standard InChI is InChI=1S/C18H21N5O3S/c1-3-26-18(25)15-10(2)14-16(24)19-11(20-17(14)27-15)9-13-22-21-12-7-5-4-6-8-23(12)13/h3-9H2,1-2H3,(H,19,20,24). The van der Waals surface area contributed by atoms with Crippen molar-refractivity contribution < 1.29 is 9.53 Å². The highest BCUT2D eigenvalue weighted by molar-refractivity contribution is 7.20. The molecule has 1 N–H and O–H groups in total. The maximum Gasteiger partial charge on any atom is 0.348 e. The van der Waals surface area contributed by atoms with Crippen molar-refractivity contribution in [1.29, 1.82) is 0 Å². The number of carbonyl (C=O) groups excluding carboxylic acids is 1. The molecule has 0 spiro atoms. The average Bonchev–Trinajstić information content (AvgIpc) is 3.07. The first-order valence-electron chi connectivity index (χ1n) is 9.18. The molecule has 0 saturated carbocycles. The Hall–Kier alpha value is -2.55. The normalized spacial score (nSPS) is 14.1. The number of nitrogens with zero attached hydrogens (tertiary/aromatic N) is 4. The highest BCUT2D eigenvalue weighted by Gasteiger charge is 2.21. The number of carbonyl (C=O) groups is 1. The van der Waals surface area contributed by atoms with Gasteiger partial charge < -0.3 is 14.3 Å². The number of ether oxygens (including phenoxy) is 1. The fraction of sp³-hybridized carbons (Fsp3) is 0.500. The second kappa shape index (κ2) is 7.22. The van der Waals surface area contributed by atoms with E-state index in [4.69, 9.17) is 4.74 Å². The van der Waals surface area contributed by atoms with Crippen LogP contribution in [-0.4, -0.2) is 37.3 Å². The summed E-state index contributed by atoms with van der Waals surface area (Å²) in [7, 11) is 0. The van der Waals surface area contributed by atoms with Gasteiger partial charge in [0.1, 0.15) is 27.2 Å². The minimum Gasteiger partial charge on any atom is -0.462 e. The molecule has 0 bridgehead atoms. The van der Waals surface area contributed by atoms with Crippen LogP contribution in [0.1, 0.15) is 58.9 Å². The van der Waals surface area contributed by atoms with Gasteiger partial charge in [0.15, 0.2) is 0 Å². The maximum absolute atomic E-state index is 12.6. The summed E-state index contributed by atoms with van der Waals surface area (Å²) in [5.41, 5.74) is 0.375. The smallest absolute Gasteiger partial charge is 0.348 e. The minimum atomic E-state index is -0.415. The molecule has 27 heavy (non-hydrogen) atoms. The molecule has 1 aliphatic rings. The van der Waals surface area contributed by atoms with Crippen LogP contribution in [0.5, 0.6) is 0 Å². The van der Waals surface area contributed by atoms with Gasteiger partial charge in [0.25, 0.3) is 5.56 Å². The van der Waals surface area contributed by atoms with Gasteiger partial charge in [-0.3, -0.25) is 4.79 Å². The molecule has 3 aromatic rings. The van der Waals surface area contributed by atoms with E-state index < -0.39 is 5.97 Å². The van der Waals surface area contributed by atoms with Gasteiger partial charge in [-0.2, -0.15) is 0 Å². The monoisotopic (exact) mass is 387 g/mol. The van der Waals surface area contributed by atoms with Crippen LogP contribution >= 0.6 is 11.3 Å². The molecule has 0 saturated heterocycles. The molecule has 0 radical (unpaired) electrons. The van der Waals surface area contributed by atoms with Crippen LogP contribution in [0.4, 0.5) is 0 Å². The van der Waals surface area contributed by atoms with E-state index in [0.717, 1.165) is 37.5 Å². The summed E-state index contributed by atoms with van der Waals surface area (Å²) >= 11 is 1.20. The van der Waals surface area contributed by atoms with Crippen molar-refractivity contribution in [2.45, 2.75) is 52.5 Å². The number of thiophene rings is 1. The lowest BCUT2D eigenvalue weighted by atomic mass is 10.2. The third-order valence-corrected chi connectivity index (χ3v) is 5.99. The summed E-state index contributed by atoms with van der Waals surface area (Å²) in [5.74, 6) is 1.93. The van der Waals surface area contributed by atoms with E-state index >= 15 is 0 Å². The van der Waals surface area contributed by atoms with Gasteiger partial charge in [-0.1, -0.05) is 6.42 Å². The zero-order valence-electron chi connectivity index (χ0n) is 15.4. The quantitative estimate of drug-likeness (QED) is 0.690. The molecule has 0 aromatic carbocycles. The van der Waals surface area contributed by atoms with Crippen LogP contribution in [-0.2, 0) is 24.1 Å². The van der Waals surface area contributed by atoms with E-state index in [1.807, 2.05) is 0 Å². The lowest BCUT2D eigenvalue weighted by Crippen LogP contribution is -2.14. The summed E-state index contributed by atoms with van der Waals surface area (Å²) in [6.07, 6.45) is 4.76. The van der Waals surface area contributed by atoms with E-state index in [1.165, 1.54) is 17.8 Å². The van der Waals surface area contributed by atoms with Gasteiger partial charge in [0, 0.05) is 13.0 Å². The minimum absolute atomic E-state index is 0.241. The Bertz CT molecular complexity index is 1070. The summed E-state index contributed by atoms with van der Waals surface area (Å²) in [4.78, 5) is 33.1. The molecular weight excluding hydrogens is 366 g/mol. The van der Waals surface area contributed by atoms with E-state index in [9.17, 15) is 9.59 Å². The van der Waals surface area contributed by atoms with Gasteiger partial charge in [0.2, 0.25) is 0 Å². The Kier molecular flexibility index (Phi) is 4.77. The van der Waals surface area contributed by atoms with E-state index in [-0.39, 0.29) is 5.56 Å². The van der Waals surface area contributed by atoms with Gasteiger partial charge in [-0.25, -0.2) is 9.78 Å². The lowest BCUT2D eigenvalue weighted by Gasteiger charge is -2.06. The molecule has 0 unspecified atom stereocenters. The Morgan fingerprint density at radius 1 is 1.30 bits per heavy atom. The predicted octanol–water partition coefficient (Wildman–Crippen LogP) is 2.38. The topological polar surface area (TPSA) is 103 Å². The average molecular weight is 387 g/mol. The summed E-state index contributed by atoms with van der Waals surface area (Å²) < 4.78 is 7.22. The molecule has 4 heterocycles. The van der Waals surface area contributed by atoms with Crippen molar-refractivity contribution in [2.75, 3.05) is 6.61 Å². The Balaban J connectivity index is 1.71. The third-order valence-electron chi connectivity index (χ3n) is 4.82. The van der Waals surface area contributed by atoms with Crippen LogP contribution < -0.4 is 5.56 Å². The third kappa shape index (κ3) is 3.27. The summed E-state index contributed by atoms with van der Waals surface area (Å²) in [5, 5.41) is 9.04. The zero-order valence-corrected chi connectivity index (χ0v) is 16.2. The van der Waals surface area contributed by atoms with Crippen molar-refractivity contribution in [1.82, 2.24) is 24.7 Å². The predicted molar refractivity (Wildman–Crippen MR) is 101 cm³/mol. The van der Waals surface area contributed by atoms with Gasteiger partial charge in [-0.05, 0) is 32.3 Å². The van der Waals surface area contributed by atoms with Crippen LogP contribution in [0.2, 0.25) is 0 Å². The number of rotatable bonds is 4. The first kappa shape index (κ1) is 17.8. The highest BCUT2D eigenvalue weighted by atomic mass is 32.1. The molecule has 0 amide bonds. The van der Waals surface area contributed by atoms with E-state index in [2.05, 4.69) is 24.7 Å². The molecule has 0 atom stereocenters. The Labute approximate surface area is 159 Å². The van der Waals surface area contributed by atoms with Crippen LogP contribution in [0.3, 0.4) is 0 Å². The van der Waals surface area contributed by atoms with E-state index in [1.54, 1.807) is 13.8 Å². The molecule has 3 aromatic heterocycles. The molecule has 1 aliphatic heterocycles. The van der Waals surface area contributed by atoms with Crippen molar-refractivity contribution in [2.24, 2.45) is 0 Å². The number of hydrogen-bond donors (Lipinski definition) is 1. The zero-order chi connectivity index (χ0) is 19.0. The number of aromatic nitrogens is 5. The van der Waals surface area contributed by atoms with Gasteiger partial charge in [-0.15, -0.1) is 21.5 Å². The number of nitrogens with one attached hydrogen (secondary N) is 1. The number of esters is 1. The largest absolute Gasteiger partial charge is 0.462 e. The SMILES string of the molecule is CCOC(=O)c1sc2nc(Cc3nnc4n3CCCCC4)[nH]c(=O)c2c1C. The Morgan fingerprint density at radius 2 is 2.15 bits per heavy atom. The molecule has 142 valence electrons. The second-order valence-corrected chi connectivity index (χ2v) is 7.64. The molecular formula is C18H21N5O3S. The van der Waals surface area contributed by atoms with Crippen molar-refractivity contribution in [3.8, 4) is 0 Å². The number of fused-ring (bicyclic) bond motifs is 2. The van der Waals surface area contributed by atoms with Crippen LogP contribution in [0, 0.1) is 6.92 Å². The first-order chi connectivity index (χ1) is 13.1. The van der Waals surface area contributed by atoms with E-state index in [0.29, 0.717) is 39.5 Å². The molecule has 0 aliphatic carbocycles. The number of H-pyrrole nitrogens is 1. The Morgan fingerprint density at radius 3 is 2.96 bits per heavy atom. The highest BCUT2D eigenvalue weighted by Crippen LogP contribution is 2.28. The second-order valence-electron chi connectivity index (χ2n) is 6.64. The fourth-order valence-corrected chi connectivity index (χ4v) is 4.58. The molecule has 0 fully saturated rings. The maximum atomic E-state index is 12.6.